The van der Waals surface area contributed by atoms with Crippen molar-refractivity contribution in [1.82, 2.24) is 14.8 Å². The lowest BCUT2D eigenvalue weighted by Gasteiger charge is -2.34. The molecule has 4 rings (SSSR count). The molecule has 2 aromatic carbocycles. The van der Waals surface area contributed by atoms with Gasteiger partial charge < -0.3 is 0 Å². The van der Waals surface area contributed by atoms with Gasteiger partial charge in [-0.3, -0.25) is 9.80 Å². The van der Waals surface area contributed by atoms with Crippen LogP contribution < -0.4 is 0 Å². The number of nitrogens with zero attached hydrogens (tertiary/aromatic N) is 3. The molecule has 1 aliphatic rings. The van der Waals surface area contributed by atoms with Gasteiger partial charge in [-0.2, -0.15) is 0 Å². The van der Waals surface area contributed by atoms with Crippen molar-refractivity contribution in [1.29, 1.82) is 0 Å². The molecule has 28 heavy (non-hydrogen) atoms. The van der Waals surface area contributed by atoms with Crippen LogP contribution in [0, 0.1) is 0 Å². The summed E-state index contributed by atoms with van der Waals surface area (Å²) in [5, 5.41) is 5.29. The second-order valence-corrected chi connectivity index (χ2v) is 9.02. The standard InChI is InChI=1S/C21H20Cl3N3S/c22-16-6-5-15(20(24)11-16)12-26-7-9-27(10-8-26)13-17-14-28-21(25-17)18-3-1-2-4-19(18)23/h1-6,11,14H,7-10,12-13H2. The smallest absolute Gasteiger partial charge is 0.125 e. The number of hydrogen-bond acceptors (Lipinski definition) is 4. The van der Waals surface area contributed by atoms with E-state index in [0.29, 0.717) is 5.02 Å². The van der Waals surface area contributed by atoms with Crippen LogP contribution in [-0.4, -0.2) is 41.0 Å². The van der Waals surface area contributed by atoms with E-state index in [0.717, 1.165) is 71.1 Å². The number of hydrogen-bond donors (Lipinski definition) is 0. The second kappa shape index (κ2) is 9.12. The van der Waals surface area contributed by atoms with E-state index in [9.17, 15) is 0 Å². The van der Waals surface area contributed by atoms with Crippen LogP contribution in [0.4, 0.5) is 0 Å². The maximum Gasteiger partial charge on any atom is 0.125 e. The largest absolute Gasteiger partial charge is 0.296 e. The number of thiazole rings is 1. The maximum absolute atomic E-state index is 6.31. The highest BCUT2D eigenvalue weighted by Gasteiger charge is 2.19. The number of benzene rings is 2. The summed E-state index contributed by atoms with van der Waals surface area (Å²) in [6.07, 6.45) is 0. The predicted octanol–water partition coefficient (Wildman–Crippen LogP) is 6.09. The highest BCUT2D eigenvalue weighted by molar-refractivity contribution is 7.13. The molecular weight excluding hydrogens is 433 g/mol. The highest BCUT2D eigenvalue weighted by Crippen LogP contribution is 2.30. The monoisotopic (exact) mass is 451 g/mol. The average molecular weight is 453 g/mol. The molecule has 0 aliphatic carbocycles. The van der Waals surface area contributed by atoms with Gasteiger partial charge in [-0.1, -0.05) is 59.1 Å². The van der Waals surface area contributed by atoms with Gasteiger partial charge in [0, 0.05) is 60.3 Å². The fourth-order valence-electron chi connectivity index (χ4n) is 3.36. The maximum atomic E-state index is 6.31. The average Bonchev–Trinajstić information content (AvgIpc) is 3.14. The quantitative estimate of drug-likeness (QED) is 0.467. The first-order chi connectivity index (χ1) is 13.6. The van der Waals surface area contributed by atoms with E-state index in [2.05, 4.69) is 15.2 Å². The molecule has 0 radical (unpaired) electrons. The molecule has 0 unspecified atom stereocenters. The Morgan fingerprint density at radius 3 is 2.29 bits per heavy atom. The molecular formula is C21H20Cl3N3S. The predicted molar refractivity (Wildman–Crippen MR) is 120 cm³/mol. The summed E-state index contributed by atoms with van der Waals surface area (Å²) < 4.78 is 0. The Morgan fingerprint density at radius 2 is 1.57 bits per heavy atom. The fourth-order valence-corrected chi connectivity index (χ4v) is 4.96. The Kier molecular flexibility index (Phi) is 6.56. The zero-order valence-corrected chi connectivity index (χ0v) is 18.3. The Hall–Kier alpha value is -1.14. The molecule has 1 aliphatic heterocycles. The Morgan fingerprint density at radius 1 is 0.857 bits per heavy atom. The van der Waals surface area contributed by atoms with E-state index in [1.165, 1.54) is 0 Å². The molecule has 0 saturated carbocycles. The summed E-state index contributed by atoms with van der Waals surface area (Å²) in [5.74, 6) is 0. The Bertz CT molecular complexity index is 952. The zero-order chi connectivity index (χ0) is 19.5. The summed E-state index contributed by atoms with van der Waals surface area (Å²) in [5.41, 5.74) is 3.24. The molecule has 1 aromatic heterocycles. The van der Waals surface area contributed by atoms with Crippen LogP contribution in [-0.2, 0) is 13.1 Å². The molecule has 0 bridgehead atoms. The summed E-state index contributed by atoms with van der Waals surface area (Å²) in [7, 11) is 0. The SMILES string of the molecule is Clc1ccc(CN2CCN(Cc3csc(-c4ccccc4Cl)n3)CC2)c(Cl)c1. The third-order valence-electron chi connectivity index (χ3n) is 4.92. The number of halogens is 3. The van der Waals surface area contributed by atoms with E-state index >= 15 is 0 Å². The van der Waals surface area contributed by atoms with Gasteiger partial charge in [0.05, 0.1) is 10.7 Å². The number of rotatable bonds is 5. The first-order valence-corrected chi connectivity index (χ1v) is 11.2. The lowest BCUT2D eigenvalue weighted by Crippen LogP contribution is -2.45. The molecule has 146 valence electrons. The van der Waals surface area contributed by atoms with Crippen molar-refractivity contribution in [2.45, 2.75) is 13.1 Å². The van der Waals surface area contributed by atoms with Gasteiger partial charge in [-0.25, -0.2) is 4.98 Å². The van der Waals surface area contributed by atoms with Crippen molar-refractivity contribution >= 4 is 46.1 Å². The molecule has 1 fully saturated rings. The van der Waals surface area contributed by atoms with Crippen molar-refractivity contribution in [2.24, 2.45) is 0 Å². The lowest BCUT2D eigenvalue weighted by molar-refractivity contribution is 0.121. The van der Waals surface area contributed by atoms with Crippen LogP contribution in [0.5, 0.6) is 0 Å². The van der Waals surface area contributed by atoms with Crippen LogP contribution in [0.3, 0.4) is 0 Å². The lowest BCUT2D eigenvalue weighted by atomic mass is 10.2. The van der Waals surface area contributed by atoms with Gasteiger partial charge in [0.15, 0.2) is 0 Å². The summed E-state index contributed by atoms with van der Waals surface area (Å²) in [6.45, 7) is 5.79. The van der Waals surface area contributed by atoms with Gasteiger partial charge in [-0.15, -0.1) is 11.3 Å². The molecule has 7 heteroatoms. The minimum absolute atomic E-state index is 0.679. The molecule has 3 aromatic rings. The molecule has 3 nitrogen and oxygen atoms in total. The first kappa shape index (κ1) is 20.1. The van der Waals surface area contributed by atoms with Crippen molar-refractivity contribution in [3.05, 3.63) is 74.2 Å². The zero-order valence-electron chi connectivity index (χ0n) is 15.2. The molecule has 0 spiro atoms. The minimum atomic E-state index is 0.679. The normalized spacial score (nSPS) is 15.8. The first-order valence-electron chi connectivity index (χ1n) is 9.16. The van der Waals surface area contributed by atoms with Gasteiger partial charge in [0.25, 0.3) is 0 Å². The van der Waals surface area contributed by atoms with Crippen molar-refractivity contribution in [3.8, 4) is 10.6 Å². The second-order valence-electron chi connectivity index (χ2n) is 6.91. The molecule has 0 N–H and O–H groups in total. The van der Waals surface area contributed by atoms with E-state index in [1.54, 1.807) is 11.3 Å². The fraction of sp³-hybridized carbons (Fsp3) is 0.286. The van der Waals surface area contributed by atoms with E-state index in [-0.39, 0.29) is 0 Å². The molecule has 1 saturated heterocycles. The molecule has 0 atom stereocenters. The van der Waals surface area contributed by atoms with Crippen LogP contribution >= 0.6 is 46.1 Å². The molecule has 2 heterocycles. The van der Waals surface area contributed by atoms with Crippen LogP contribution in [0.2, 0.25) is 15.1 Å². The van der Waals surface area contributed by atoms with Crippen LogP contribution in [0.15, 0.2) is 47.8 Å². The summed E-state index contributed by atoms with van der Waals surface area (Å²) >= 11 is 20.2. The third kappa shape index (κ3) is 4.88. The number of piperazine rings is 1. The molecule has 0 amide bonds. The van der Waals surface area contributed by atoms with Crippen molar-refractivity contribution < 1.29 is 0 Å². The Labute approximate surface area is 184 Å². The third-order valence-corrected chi connectivity index (χ3v) is 6.76. The van der Waals surface area contributed by atoms with E-state index in [4.69, 9.17) is 39.8 Å². The van der Waals surface area contributed by atoms with Crippen molar-refractivity contribution in [3.63, 3.8) is 0 Å². The van der Waals surface area contributed by atoms with Crippen LogP contribution in [0.25, 0.3) is 10.6 Å². The summed E-state index contributed by atoms with van der Waals surface area (Å²) in [4.78, 5) is 9.67. The summed E-state index contributed by atoms with van der Waals surface area (Å²) in [6, 6.07) is 13.6. The van der Waals surface area contributed by atoms with E-state index < -0.39 is 0 Å². The highest BCUT2D eigenvalue weighted by atomic mass is 35.5. The Balaban J connectivity index is 1.32. The van der Waals surface area contributed by atoms with Gasteiger partial charge >= 0.3 is 0 Å². The van der Waals surface area contributed by atoms with Gasteiger partial charge in [0.1, 0.15) is 5.01 Å². The van der Waals surface area contributed by atoms with Gasteiger partial charge in [0.2, 0.25) is 0 Å². The van der Waals surface area contributed by atoms with Crippen LogP contribution in [0.1, 0.15) is 11.3 Å². The topological polar surface area (TPSA) is 19.4 Å². The number of aromatic nitrogens is 1. The van der Waals surface area contributed by atoms with Gasteiger partial charge in [-0.05, 0) is 23.8 Å². The van der Waals surface area contributed by atoms with E-state index in [1.807, 2.05) is 42.5 Å². The minimum Gasteiger partial charge on any atom is -0.296 e. The van der Waals surface area contributed by atoms with Crippen molar-refractivity contribution in [2.75, 3.05) is 26.2 Å².